The third kappa shape index (κ3) is 3.46. The molecule has 1 amide bonds. The van der Waals surface area contributed by atoms with Crippen LogP contribution in [0.3, 0.4) is 0 Å². The number of halogens is 1. The number of nitrogens with two attached hydrogens (primary N) is 1. The van der Waals surface area contributed by atoms with E-state index in [0.717, 1.165) is 0 Å². The van der Waals surface area contributed by atoms with Gasteiger partial charge < -0.3 is 11.1 Å². The summed E-state index contributed by atoms with van der Waals surface area (Å²) in [6, 6.07) is 6.73. The second-order valence-corrected chi connectivity index (χ2v) is 4.79. The third-order valence-corrected chi connectivity index (χ3v) is 3.08. The van der Waals surface area contributed by atoms with Crippen LogP contribution < -0.4 is 11.1 Å². The number of carbonyl (C=O) groups excluding carboxylic acids is 1. The molecule has 0 bridgehead atoms. The molecule has 18 heavy (non-hydrogen) atoms. The molecular formula is C13H16ClN3O. The molecule has 1 atom stereocenters. The number of rotatable bonds is 4. The highest BCUT2D eigenvalue weighted by Crippen LogP contribution is 2.24. The summed E-state index contributed by atoms with van der Waals surface area (Å²) < 4.78 is 0. The second kappa shape index (κ2) is 6.39. The lowest BCUT2D eigenvalue weighted by molar-refractivity contribution is -0.120. The van der Waals surface area contributed by atoms with Gasteiger partial charge in [0.2, 0.25) is 5.91 Å². The van der Waals surface area contributed by atoms with Crippen LogP contribution in [-0.2, 0) is 4.79 Å². The van der Waals surface area contributed by atoms with E-state index in [1.54, 1.807) is 18.2 Å². The van der Waals surface area contributed by atoms with Crippen LogP contribution >= 0.6 is 11.6 Å². The van der Waals surface area contributed by atoms with E-state index in [9.17, 15) is 4.79 Å². The van der Waals surface area contributed by atoms with Gasteiger partial charge in [-0.05, 0) is 24.1 Å². The van der Waals surface area contributed by atoms with Crippen molar-refractivity contribution in [3.8, 4) is 6.07 Å². The first-order valence-electron chi connectivity index (χ1n) is 5.70. The summed E-state index contributed by atoms with van der Waals surface area (Å²) in [7, 11) is 0. The summed E-state index contributed by atoms with van der Waals surface area (Å²) in [6.45, 7) is 4.15. The molecule has 1 unspecified atom stereocenters. The van der Waals surface area contributed by atoms with Crippen molar-refractivity contribution >= 4 is 23.2 Å². The second-order valence-electron chi connectivity index (χ2n) is 4.38. The Morgan fingerprint density at radius 2 is 2.22 bits per heavy atom. The van der Waals surface area contributed by atoms with Crippen molar-refractivity contribution in [2.45, 2.75) is 13.8 Å². The smallest absolute Gasteiger partial charge is 0.229 e. The molecular weight excluding hydrogens is 250 g/mol. The fourth-order valence-electron chi connectivity index (χ4n) is 1.60. The first-order chi connectivity index (χ1) is 8.49. The average molecular weight is 266 g/mol. The molecule has 0 saturated carbocycles. The number of benzene rings is 1. The van der Waals surface area contributed by atoms with Crippen molar-refractivity contribution in [2.75, 3.05) is 11.9 Å². The van der Waals surface area contributed by atoms with Crippen molar-refractivity contribution in [3.63, 3.8) is 0 Å². The third-order valence-electron chi connectivity index (χ3n) is 2.75. The zero-order valence-corrected chi connectivity index (χ0v) is 11.2. The van der Waals surface area contributed by atoms with Crippen molar-refractivity contribution in [1.29, 1.82) is 5.26 Å². The molecule has 0 fully saturated rings. The molecule has 0 aliphatic rings. The first kappa shape index (κ1) is 14.5. The van der Waals surface area contributed by atoms with E-state index in [4.69, 9.17) is 22.6 Å². The lowest BCUT2D eigenvalue weighted by atomic mass is 9.95. The predicted octanol–water partition coefficient (Wildman–Crippen LogP) is 2.38. The van der Waals surface area contributed by atoms with Gasteiger partial charge in [0.25, 0.3) is 0 Å². The summed E-state index contributed by atoms with van der Waals surface area (Å²) in [5, 5.41) is 11.9. The summed E-state index contributed by atoms with van der Waals surface area (Å²) in [6.07, 6.45) is 0. The van der Waals surface area contributed by atoms with E-state index in [-0.39, 0.29) is 24.3 Å². The molecule has 0 aliphatic heterocycles. The van der Waals surface area contributed by atoms with Gasteiger partial charge in [-0.25, -0.2) is 0 Å². The van der Waals surface area contributed by atoms with Gasteiger partial charge in [0, 0.05) is 6.54 Å². The standard InChI is InChI=1S/C13H16ClN3O/c1-8(2)10(7-16)13(18)17-12-5-9(6-15)3-4-11(12)14/h3-5,8,10H,7,16H2,1-2H3,(H,17,18). The van der Waals surface area contributed by atoms with Crippen molar-refractivity contribution in [1.82, 2.24) is 0 Å². The van der Waals surface area contributed by atoms with Gasteiger partial charge in [0.05, 0.1) is 28.3 Å². The van der Waals surface area contributed by atoms with Gasteiger partial charge in [-0.2, -0.15) is 5.26 Å². The molecule has 1 aromatic rings. The Bertz CT molecular complexity index is 480. The first-order valence-corrected chi connectivity index (χ1v) is 6.08. The van der Waals surface area contributed by atoms with Crippen LogP contribution in [-0.4, -0.2) is 12.5 Å². The molecule has 0 heterocycles. The van der Waals surface area contributed by atoms with Gasteiger partial charge >= 0.3 is 0 Å². The number of anilines is 1. The predicted molar refractivity (Wildman–Crippen MR) is 72.2 cm³/mol. The topological polar surface area (TPSA) is 78.9 Å². The zero-order chi connectivity index (χ0) is 13.7. The van der Waals surface area contributed by atoms with Gasteiger partial charge in [0.1, 0.15) is 0 Å². The molecule has 96 valence electrons. The summed E-state index contributed by atoms with van der Waals surface area (Å²) in [5.74, 6) is -0.302. The van der Waals surface area contributed by atoms with Crippen molar-refractivity contribution in [3.05, 3.63) is 28.8 Å². The number of carbonyl (C=O) groups is 1. The Hall–Kier alpha value is -1.57. The Kier molecular flexibility index (Phi) is 5.14. The number of hydrogen-bond donors (Lipinski definition) is 2. The quantitative estimate of drug-likeness (QED) is 0.877. The number of hydrogen-bond acceptors (Lipinski definition) is 3. The van der Waals surface area contributed by atoms with Crippen LogP contribution in [0.5, 0.6) is 0 Å². The van der Waals surface area contributed by atoms with Crippen LogP contribution in [0.2, 0.25) is 5.02 Å². The van der Waals surface area contributed by atoms with Gasteiger partial charge in [-0.3, -0.25) is 4.79 Å². The minimum atomic E-state index is -0.271. The largest absolute Gasteiger partial charge is 0.330 e. The van der Waals surface area contributed by atoms with E-state index in [1.165, 1.54) is 0 Å². The molecule has 1 rings (SSSR count). The Balaban J connectivity index is 2.91. The Morgan fingerprint density at radius 3 is 2.72 bits per heavy atom. The van der Waals surface area contributed by atoms with Crippen LogP contribution in [0.25, 0.3) is 0 Å². The molecule has 1 aromatic carbocycles. The number of nitriles is 1. The van der Waals surface area contributed by atoms with E-state index < -0.39 is 0 Å². The van der Waals surface area contributed by atoms with Crippen molar-refractivity contribution in [2.24, 2.45) is 17.6 Å². The average Bonchev–Trinajstić information content (AvgIpc) is 2.32. The van der Waals surface area contributed by atoms with Crippen LogP contribution in [0.15, 0.2) is 18.2 Å². The van der Waals surface area contributed by atoms with E-state index in [2.05, 4.69) is 5.32 Å². The van der Waals surface area contributed by atoms with Crippen LogP contribution in [0.1, 0.15) is 19.4 Å². The summed E-state index contributed by atoms with van der Waals surface area (Å²) in [5.41, 5.74) is 6.47. The minimum Gasteiger partial charge on any atom is -0.330 e. The van der Waals surface area contributed by atoms with Crippen molar-refractivity contribution < 1.29 is 4.79 Å². The van der Waals surface area contributed by atoms with Crippen LogP contribution in [0.4, 0.5) is 5.69 Å². The number of nitrogens with one attached hydrogen (secondary N) is 1. The fourth-order valence-corrected chi connectivity index (χ4v) is 1.76. The molecule has 4 nitrogen and oxygen atoms in total. The fraction of sp³-hybridized carbons (Fsp3) is 0.385. The molecule has 3 N–H and O–H groups in total. The minimum absolute atomic E-state index is 0.146. The molecule has 0 aliphatic carbocycles. The normalized spacial score (nSPS) is 12.0. The van der Waals surface area contributed by atoms with E-state index in [0.29, 0.717) is 16.3 Å². The van der Waals surface area contributed by atoms with Gasteiger partial charge in [-0.15, -0.1) is 0 Å². The van der Waals surface area contributed by atoms with E-state index >= 15 is 0 Å². The van der Waals surface area contributed by atoms with Crippen LogP contribution in [0, 0.1) is 23.2 Å². The highest BCUT2D eigenvalue weighted by atomic mass is 35.5. The molecule has 5 heteroatoms. The highest BCUT2D eigenvalue weighted by Gasteiger charge is 2.21. The number of amides is 1. The molecule has 0 radical (unpaired) electrons. The van der Waals surface area contributed by atoms with Gasteiger partial charge in [-0.1, -0.05) is 25.4 Å². The maximum Gasteiger partial charge on any atom is 0.229 e. The Labute approximate surface area is 112 Å². The van der Waals surface area contributed by atoms with E-state index in [1.807, 2.05) is 19.9 Å². The maximum absolute atomic E-state index is 12.0. The highest BCUT2D eigenvalue weighted by molar-refractivity contribution is 6.33. The summed E-state index contributed by atoms with van der Waals surface area (Å²) >= 11 is 5.97. The van der Waals surface area contributed by atoms with Gasteiger partial charge in [0.15, 0.2) is 0 Å². The Morgan fingerprint density at radius 1 is 1.56 bits per heavy atom. The maximum atomic E-state index is 12.0. The SMILES string of the molecule is CC(C)C(CN)C(=O)Nc1cc(C#N)ccc1Cl. The summed E-state index contributed by atoms with van der Waals surface area (Å²) in [4.78, 5) is 12.0. The number of nitrogens with zero attached hydrogens (tertiary/aromatic N) is 1. The monoisotopic (exact) mass is 265 g/mol. The molecule has 0 aromatic heterocycles. The lowest BCUT2D eigenvalue weighted by Crippen LogP contribution is -2.33. The molecule has 0 saturated heterocycles. The molecule has 0 spiro atoms. The zero-order valence-electron chi connectivity index (χ0n) is 10.4. The lowest BCUT2D eigenvalue weighted by Gasteiger charge is -2.18.